The second-order valence-corrected chi connectivity index (χ2v) is 15.3. The quantitative estimate of drug-likeness (QED) is 0.216. The number of imidazole rings is 1. The van der Waals surface area contributed by atoms with Gasteiger partial charge in [0.2, 0.25) is 11.8 Å². The first-order chi connectivity index (χ1) is 26.2. The summed E-state index contributed by atoms with van der Waals surface area (Å²) < 4.78 is 10.2. The number of likely N-dealkylation sites (tertiary alicyclic amines) is 2. The number of hydrogen-bond donors (Lipinski definition) is 3. The number of nitrogens with zero attached hydrogens (tertiary/aromatic N) is 4. The van der Waals surface area contributed by atoms with Gasteiger partial charge >= 0.3 is 6.09 Å². The first-order valence-electron chi connectivity index (χ1n) is 19.5. The molecule has 2 aromatic carbocycles. The molecule has 7 rings (SSSR count). The van der Waals surface area contributed by atoms with Crippen molar-refractivity contribution >= 4 is 29.2 Å². The standard InChI is InChI=1S/C42H53N7O5/c1-26(2)38(47-42(52)53-4)41(51)49-20-6-8-37(49)39-44-25-35(46-39)31-15-13-29(14-16-31)28-9-11-30(12-10-28)32-23-34(43-24-32)36-7-5-19-48(36)40(50)27(3)45-33-17-21-54-22-18-33/h9-16,24-27,33,36-38,45H,5-8,17-23H2,1-4H3,(H,44,46)(H,47,52)/t27-,36-,37?,38-/m0/s1. The molecule has 286 valence electrons. The smallest absolute Gasteiger partial charge is 0.407 e. The first kappa shape index (κ1) is 37.5. The Morgan fingerprint density at radius 1 is 0.833 bits per heavy atom. The third-order valence-corrected chi connectivity index (χ3v) is 11.4. The van der Waals surface area contributed by atoms with E-state index in [9.17, 15) is 14.4 Å². The molecule has 3 N–H and O–H groups in total. The van der Waals surface area contributed by atoms with E-state index < -0.39 is 12.1 Å². The number of benzene rings is 2. The Balaban J connectivity index is 0.949. The number of allylic oxidation sites excluding steroid dienone is 1. The van der Waals surface area contributed by atoms with E-state index in [2.05, 4.69) is 69.1 Å². The Hall–Kier alpha value is -4.81. The summed E-state index contributed by atoms with van der Waals surface area (Å²) >= 11 is 0. The molecular weight excluding hydrogens is 683 g/mol. The molecule has 3 amide bonds. The number of H-pyrrole nitrogens is 1. The fourth-order valence-electron chi connectivity index (χ4n) is 8.31. The lowest BCUT2D eigenvalue weighted by Crippen LogP contribution is -2.52. The van der Waals surface area contributed by atoms with Crippen molar-refractivity contribution in [2.24, 2.45) is 10.9 Å². The summed E-state index contributed by atoms with van der Waals surface area (Å²) in [6.07, 6.45) is 9.46. The van der Waals surface area contributed by atoms with Gasteiger partial charge in [0.25, 0.3) is 0 Å². The van der Waals surface area contributed by atoms with Gasteiger partial charge in [-0.1, -0.05) is 62.4 Å². The predicted molar refractivity (Wildman–Crippen MR) is 209 cm³/mol. The van der Waals surface area contributed by atoms with Gasteiger partial charge in [-0.2, -0.15) is 0 Å². The van der Waals surface area contributed by atoms with Crippen LogP contribution in [-0.4, -0.2) is 101 Å². The van der Waals surface area contributed by atoms with Crippen LogP contribution in [0.1, 0.15) is 83.1 Å². The van der Waals surface area contributed by atoms with Crippen LogP contribution in [0.25, 0.3) is 28.0 Å². The molecule has 3 aromatic rings. The van der Waals surface area contributed by atoms with Gasteiger partial charge in [-0.15, -0.1) is 0 Å². The number of methoxy groups -OCH3 is 1. The van der Waals surface area contributed by atoms with E-state index in [4.69, 9.17) is 14.5 Å². The fraction of sp³-hybridized carbons (Fsp3) is 0.500. The normalized spacial score (nSPS) is 21.6. The number of aromatic amines is 1. The van der Waals surface area contributed by atoms with Crippen LogP contribution < -0.4 is 10.6 Å². The predicted octanol–water partition coefficient (Wildman–Crippen LogP) is 6.12. The molecule has 4 aliphatic heterocycles. The Bertz CT molecular complexity index is 1860. The number of ether oxygens (including phenoxy) is 2. The Morgan fingerprint density at radius 2 is 1.44 bits per heavy atom. The number of rotatable bonds is 11. The SMILES string of the molecule is COC(=O)N[C@H](C(=O)N1CCCC1c1ncc(-c2ccc(-c3ccc(C4=CN=C([C@@H]5CCCN5C(=O)[C@H](C)NC5CCOCC5)C4)cc3)cc2)[nH]1)C(C)C. The molecular formula is C42H53N7O5. The van der Waals surface area contributed by atoms with E-state index in [0.717, 1.165) is 104 Å². The van der Waals surface area contributed by atoms with Crippen molar-refractivity contribution in [3.63, 3.8) is 0 Å². The number of aromatic nitrogens is 2. The highest BCUT2D eigenvalue weighted by Gasteiger charge is 2.38. The zero-order valence-electron chi connectivity index (χ0n) is 31.8. The zero-order chi connectivity index (χ0) is 37.8. The molecule has 3 saturated heterocycles. The summed E-state index contributed by atoms with van der Waals surface area (Å²) in [5, 5.41) is 6.25. The van der Waals surface area contributed by atoms with E-state index in [1.165, 1.54) is 12.7 Å². The summed E-state index contributed by atoms with van der Waals surface area (Å²) in [5.74, 6) is 0.697. The Morgan fingerprint density at radius 3 is 2.09 bits per heavy atom. The van der Waals surface area contributed by atoms with Gasteiger partial charge in [-0.25, -0.2) is 9.78 Å². The van der Waals surface area contributed by atoms with Crippen molar-refractivity contribution in [3.05, 3.63) is 72.3 Å². The maximum Gasteiger partial charge on any atom is 0.407 e. The lowest BCUT2D eigenvalue weighted by Gasteiger charge is -2.31. The van der Waals surface area contributed by atoms with Gasteiger partial charge in [0.05, 0.1) is 37.1 Å². The molecule has 54 heavy (non-hydrogen) atoms. The van der Waals surface area contributed by atoms with Crippen LogP contribution in [0.3, 0.4) is 0 Å². The van der Waals surface area contributed by atoms with Crippen LogP contribution in [0.2, 0.25) is 0 Å². The molecule has 1 unspecified atom stereocenters. The highest BCUT2D eigenvalue weighted by Crippen LogP contribution is 2.34. The van der Waals surface area contributed by atoms with Crippen molar-refractivity contribution in [1.82, 2.24) is 30.4 Å². The maximum atomic E-state index is 13.5. The van der Waals surface area contributed by atoms with Crippen molar-refractivity contribution in [2.75, 3.05) is 33.4 Å². The van der Waals surface area contributed by atoms with E-state index in [1.54, 1.807) is 0 Å². The summed E-state index contributed by atoms with van der Waals surface area (Å²) in [6.45, 7) is 8.71. The highest BCUT2D eigenvalue weighted by atomic mass is 16.5. The minimum absolute atomic E-state index is 0.0566. The number of carbonyl (C=O) groups is 3. The van der Waals surface area contributed by atoms with Crippen LogP contribution in [0.5, 0.6) is 0 Å². The number of amides is 3. The third-order valence-electron chi connectivity index (χ3n) is 11.4. The van der Waals surface area contributed by atoms with Gasteiger partial charge in [-0.05, 0) is 79.2 Å². The van der Waals surface area contributed by atoms with Crippen LogP contribution in [0.4, 0.5) is 4.79 Å². The minimum atomic E-state index is -0.672. The van der Waals surface area contributed by atoms with Crippen molar-refractivity contribution in [3.8, 4) is 22.4 Å². The molecule has 0 spiro atoms. The Labute approximate surface area is 317 Å². The van der Waals surface area contributed by atoms with Gasteiger partial charge in [0, 0.05) is 50.7 Å². The van der Waals surface area contributed by atoms with Crippen molar-refractivity contribution in [2.45, 2.75) is 95.9 Å². The molecule has 0 aliphatic carbocycles. The average molecular weight is 736 g/mol. The molecule has 0 bridgehead atoms. The first-order valence-corrected chi connectivity index (χ1v) is 19.5. The topological polar surface area (TPSA) is 141 Å². The van der Waals surface area contributed by atoms with Gasteiger partial charge in [0.1, 0.15) is 11.9 Å². The fourth-order valence-corrected chi connectivity index (χ4v) is 8.31. The molecule has 12 heteroatoms. The molecule has 0 saturated carbocycles. The molecule has 5 heterocycles. The molecule has 0 radical (unpaired) electrons. The Kier molecular flexibility index (Phi) is 11.6. The second-order valence-electron chi connectivity index (χ2n) is 15.3. The van der Waals surface area contributed by atoms with E-state index >= 15 is 0 Å². The van der Waals surface area contributed by atoms with Crippen LogP contribution in [-0.2, 0) is 19.1 Å². The minimum Gasteiger partial charge on any atom is -0.453 e. The van der Waals surface area contributed by atoms with Gasteiger partial charge in [0.15, 0.2) is 0 Å². The molecule has 4 aliphatic rings. The molecule has 3 fully saturated rings. The summed E-state index contributed by atoms with van der Waals surface area (Å²) in [5.41, 5.74) is 7.52. The number of alkyl carbamates (subject to hydrolysis) is 1. The highest BCUT2D eigenvalue weighted by molar-refractivity contribution is 6.03. The summed E-state index contributed by atoms with van der Waals surface area (Å²) in [6, 6.07) is 16.3. The van der Waals surface area contributed by atoms with Crippen LogP contribution >= 0.6 is 0 Å². The lowest BCUT2D eigenvalue weighted by molar-refractivity contribution is -0.135. The zero-order valence-corrected chi connectivity index (χ0v) is 31.8. The maximum absolute atomic E-state index is 13.5. The number of hydrogen-bond acceptors (Lipinski definition) is 8. The number of nitrogens with one attached hydrogen (secondary N) is 3. The average Bonchev–Trinajstić information content (AvgIpc) is 4.03. The monoisotopic (exact) mass is 735 g/mol. The molecule has 4 atom stereocenters. The van der Waals surface area contributed by atoms with Crippen LogP contribution in [0.15, 0.2) is 65.9 Å². The summed E-state index contributed by atoms with van der Waals surface area (Å²) in [7, 11) is 1.30. The van der Waals surface area contributed by atoms with Crippen molar-refractivity contribution in [1.29, 1.82) is 0 Å². The lowest BCUT2D eigenvalue weighted by atomic mass is 9.96. The number of carbonyl (C=O) groups excluding carboxylic acids is 3. The van der Waals surface area contributed by atoms with Crippen molar-refractivity contribution < 1.29 is 23.9 Å². The molecule has 12 nitrogen and oxygen atoms in total. The largest absolute Gasteiger partial charge is 0.453 e. The summed E-state index contributed by atoms with van der Waals surface area (Å²) in [4.78, 5) is 55.8. The van der Waals surface area contributed by atoms with E-state index in [0.29, 0.717) is 12.6 Å². The van der Waals surface area contributed by atoms with Gasteiger partial charge < -0.3 is 34.9 Å². The second kappa shape index (κ2) is 16.7. The third kappa shape index (κ3) is 8.14. The van der Waals surface area contributed by atoms with Gasteiger partial charge in [-0.3, -0.25) is 14.6 Å². The van der Waals surface area contributed by atoms with E-state index in [-0.39, 0.29) is 35.9 Å². The van der Waals surface area contributed by atoms with Crippen LogP contribution in [0, 0.1) is 5.92 Å². The van der Waals surface area contributed by atoms with E-state index in [1.807, 2.05) is 43.0 Å². The number of aliphatic imine (C=N–C) groups is 1. The molecule has 1 aromatic heterocycles.